The first kappa shape index (κ1) is 13.3. The predicted octanol–water partition coefficient (Wildman–Crippen LogP) is 2.15. The van der Waals surface area contributed by atoms with Crippen LogP contribution in [0.3, 0.4) is 0 Å². The Morgan fingerprint density at radius 2 is 2.11 bits per heavy atom. The average Bonchev–Trinajstić information content (AvgIpc) is 2.37. The number of amides is 1. The summed E-state index contributed by atoms with van der Waals surface area (Å²) in [5.74, 6) is -0.121. The Morgan fingerprint density at radius 1 is 1.39 bits per heavy atom. The number of nitrogens with one attached hydrogen (secondary N) is 1. The summed E-state index contributed by atoms with van der Waals surface area (Å²) in [5, 5.41) is 0. The number of pyridine rings is 1. The van der Waals surface area contributed by atoms with E-state index in [1.807, 2.05) is 0 Å². The van der Waals surface area contributed by atoms with Crippen LogP contribution in [0.4, 0.5) is 0 Å². The highest BCUT2D eigenvalue weighted by Gasteiger charge is 2.29. The van der Waals surface area contributed by atoms with Crippen LogP contribution in [0.1, 0.15) is 36.2 Å². The van der Waals surface area contributed by atoms with Crippen LogP contribution in [0, 0.1) is 0 Å². The lowest BCUT2D eigenvalue weighted by molar-refractivity contribution is 0.0698. The van der Waals surface area contributed by atoms with Gasteiger partial charge in [-0.15, -0.1) is 0 Å². The second-order valence-electron chi connectivity index (χ2n) is 4.71. The van der Waals surface area contributed by atoms with Crippen molar-refractivity contribution in [3.63, 3.8) is 0 Å². The minimum absolute atomic E-state index is 0.121. The van der Waals surface area contributed by atoms with Crippen molar-refractivity contribution in [3.8, 4) is 0 Å². The van der Waals surface area contributed by atoms with Crippen LogP contribution in [0.15, 0.2) is 23.0 Å². The number of nitrogens with zero attached hydrogens (tertiary/aromatic N) is 1. The molecule has 1 fully saturated rings. The molecule has 4 nitrogen and oxygen atoms in total. The van der Waals surface area contributed by atoms with Crippen molar-refractivity contribution in [2.24, 2.45) is 0 Å². The molecule has 0 bridgehead atoms. The summed E-state index contributed by atoms with van der Waals surface area (Å²) in [4.78, 5) is 28.2. The summed E-state index contributed by atoms with van der Waals surface area (Å²) in [6.07, 6.45) is 4.45. The van der Waals surface area contributed by atoms with Gasteiger partial charge in [0.15, 0.2) is 0 Å². The molecule has 1 saturated carbocycles. The van der Waals surface area contributed by atoms with Crippen LogP contribution in [0.5, 0.6) is 0 Å². The van der Waals surface area contributed by atoms with Crippen LogP contribution in [0.2, 0.25) is 0 Å². The normalized spacial score (nSPS) is 23.7. The number of hydrogen-bond acceptors (Lipinski definition) is 2. The van der Waals surface area contributed by atoms with E-state index in [1.165, 1.54) is 12.5 Å². The van der Waals surface area contributed by atoms with Gasteiger partial charge in [0, 0.05) is 24.0 Å². The first-order valence-electron chi connectivity index (χ1n) is 6.20. The van der Waals surface area contributed by atoms with E-state index in [1.54, 1.807) is 24.1 Å². The summed E-state index contributed by atoms with van der Waals surface area (Å²) in [5.41, 5.74) is 0.114. The van der Waals surface area contributed by atoms with Crippen molar-refractivity contribution >= 4 is 21.8 Å². The Morgan fingerprint density at radius 3 is 2.78 bits per heavy atom. The standard InChI is InChI=1S/C13H17BrN2O2/c1-16(11-7-3-2-5-9(11)14)13(18)10-6-4-8-12(17)15-10/h4,6,8-9,11H,2-3,5,7H2,1H3,(H,15,17). The predicted molar refractivity (Wildman–Crippen MR) is 74.1 cm³/mol. The van der Waals surface area contributed by atoms with Crippen molar-refractivity contribution in [2.45, 2.75) is 36.6 Å². The quantitative estimate of drug-likeness (QED) is 0.851. The van der Waals surface area contributed by atoms with Crippen molar-refractivity contribution in [1.82, 2.24) is 9.88 Å². The fourth-order valence-electron chi connectivity index (χ4n) is 2.42. The van der Waals surface area contributed by atoms with E-state index in [0.717, 1.165) is 19.3 Å². The molecule has 2 atom stereocenters. The largest absolute Gasteiger partial charge is 0.336 e. The third-order valence-corrected chi connectivity index (χ3v) is 4.53. The zero-order valence-electron chi connectivity index (χ0n) is 10.4. The number of halogens is 1. The Kier molecular flexibility index (Phi) is 4.22. The third-order valence-electron chi connectivity index (χ3n) is 3.46. The molecule has 0 aromatic carbocycles. The van der Waals surface area contributed by atoms with E-state index < -0.39 is 0 Å². The average molecular weight is 313 g/mol. The molecule has 2 rings (SSSR count). The Hall–Kier alpha value is -1.10. The molecule has 1 heterocycles. The van der Waals surface area contributed by atoms with Gasteiger partial charge in [0.2, 0.25) is 5.56 Å². The van der Waals surface area contributed by atoms with E-state index in [0.29, 0.717) is 10.5 Å². The monoisotopic (exact) mass is 312 g/mol. The maximum absolute atomic E-state index is 12.3. The molecule has 98 valence electrons. The zero-order chi connectivity index (χ0) is 13.1. The van der Waals surface area contributed by atoms with Gasteiger partial charge in [0.05, 0.1) is 0 Å². The molecule has 18 heavy (non-hydrogen) atoms. The molecule has 1 aliphatic rings. The highest BCUT2D eigenvalue weighted by molar-refractivity contribution is 9.09. The third kappa shape index (κ3) is 2.83. The molecular formula is C13H17BrN2O2. The summed E-state index contributed by atoms with van der Waals surface area (Å²) in [6.45, 7) is 0. The Bertz CT molecular complexity index is 486. The molecular weight excluding hydrogens is 296 g/mol. The highest BCUT2D eigenvalue weighted by Crippen LogP contribution is 2.28. The van der Waals surface area contributed by atoms with E-state index in [9.17, 15) is 9.59 Å². The van der Waals surface area contributed by atoms with Gasteiger partial charge in [-0.2, -0.15) is 0 Å². The minimum Gasteiger partial charge on any atom is -0.336 e. The van der Waals surface area contributed by atoms with Crippen LogP contribution < -0.4 is 5.56 Å². The molecule has 2 unspecified atom stereocenters. The summed E-state index contributed by atoms with van der Waals surface area (Å²) < 4.78 is 0. The summed E-state index contributed by atoms with van der Waals surface area (Å²) in [6, 6.07) is 4.86. The van der Waals surface area contributed by atoms with E-state index in [-0.39, 0.29) is 17.5 Å². The highest BCUT2D eigenvalue weighted by atomic mass is 79.9. The van der Waals surface area contributed by atoms with Gasteiger partial charge in [0.25, 0.3) is 5.91 Å². The second kappa shape index (κ2) is 5.69. The van der Waals surface area contributed by atoms with Crippen LogP contribution >= 0.6 is 15.9 Å². The maximum atomic E-state index is 12.3. The lowest BCUT2D eigenvalue weighted by atomic mass is 9.94. The van der Waals surface area contributed by atoms with Crippen LogP contribution in [0.25, 0.3) is 0 Å². The molecule has 0 spiro atoms. The van der Waals surface area contributed by atoms with Gasteiger partial charge in [0.1, 0.15) is 5.69 Å². The topological polar surface area (TPSA) is 53.2 Å². The Balaban J connectivity index is 2.15. The lowest BCUT2D eigenvalue weighted by Gasteiger charge is -2.35. The van der Waals surface area contributed by atoms with Gasteiger partial charge < -0.3 is 9.88 Å². The van der Waals surface area contributed by atoms with E-state index in [2.05, 4.69) is 20.9 Å². The number of alkyl halides is 1. The zero-order valence-corrected chi connectivity index (χ0v) is 11.9. The van der Waals surface area contributed by atoms with Gasteiger partial charge in [-0.05, 0) is 18.9 Å². The fraction of sp³-hybridized carbons (Fsp3) is 0.538. The first-order chi connectivity index (χ1) is 8.59. The van der Waals surface area contributed by atoms with Crippen molar-refractivity contribution in [3.05, 3.63) is 34.2 Å². The number of carbonyl (C=O) groups excluding carboxylic acids is 1. The number of carbonyl (C=O) groups is 1. The van der Waals surface area contributed by atoms with Crippen LogP contribution in [-0.2, 0) is 0 Å². The molecule has 1 aromatic rings. The summed E-state index contributed by atoms with van der Waals surface area (Å²) in [7, 11) is 1.80. The fourth-order valence-corrected chi connectivity index (χ4v) is 3.36. The number of aromatic nitrogens is 1. The second-order valence-corrected chi connectivity index (χ2v) is 5.89. The van der Waals surface area contributed by atoms with Crippen LogP contribution in [-0.4, -0.2) is 33.7 Å². The summed E-state index contributed by atoms with van der Waals surface area (Å²) >= 11 is 3.64. The number of rotatable bonds is 2. The van der Waals surface area contributed by atoms with Crippen molar-refractivity contribution in [1.29, 1.82) is 0 Å². The van der Waals surface area contributed by atoms with Crippen molar-refractivity contribution in [2.75, 3.05) is 7.05 Å². The molecule has 1 aliphatic carbocycles. The number of H-pyrrole nitrogens is 1. The molecule has 1 aromatic heterocycles. The van der Waals surface area contributed by atoms with Gasteiger partial charge in [-0.3, -0.25) is 9.59 Å². The SMILES string of the molecule is CN(C(=O)c1cccc(=O)[nH]1)C1CCCCC1Br. The first-order valence-corrected chi connectivity index (χ1v) is 7.12. The van der Waals surface area contributed by atoms with E-state index in [4.69, 9.17) is 0 Å². The van der Waals surface area contributed by atoms with E-state index >= 15 is 0 Å². The molecule has 0 radical (unpaired) electrons. The molecule has 5 heteroatoms. The molecule has 1 N–H and O–H groups in total. The molecule has 0 saturated heterocycles. The van der Waals surface area contributed by atoms with Crippen molar-refractivity contribution < 1.29 is 4.79 Å². The number of hydrogen-bond donors (Lipinski definition) is 1. The van der Waals surface area contributed by atoms with Gasteiger partial charge in [-0.1, -0.05) is 34.8 Å². The molecule has 1 amide bonds. The smallest absolute Gasteiger partial charge is 0.270 e. The van der Waals surface area contributed by atoms with Gasteiger partial charge in [-0.25, -0.2) is 0 Å². The Labute approximate surface area is 115 Å². The molecule has 0 aliphatic heterocycles. The lowest BCUT2D eigenvalue weighted by Crippen LogP contribution is -2.44. The van der Waals surface area contributed by atoms with Gasteiger partial charge >= 0.3 is 0 Å². The minimum atomic E-state index is -0.242. The maximum Gasteiger partial charge on any atom is 0.270 e. The number of aromatic amines is 1.